The van der Waals surface area contributed by atoms with Crippen molar-refractivity contribution in [3.8, 4) is 11.4 Å². The second-order valence-corrected chi connectivity index (χ2v) is 6.88. The van der Waals surface area contributed by atoms with Gasteiger partial charge < -0.3 is 9.47 Å². The van der Waals surface area contributed by atoms with E-state index in [1.54, 1.807) is 6.20 Å². The first kappa shape index (κ1) is 15.7. The van der Waals surface area contributed by atoms with E-state index in [9.17, 15) is 4.79 Å². The number of benzene rings is 2. The van der Waals surface area contributed by atoms with Crippen molar-refractivity contribution >= 4 is 16.8 Å². The number of rotatable bonds is 2. The molecule has 5 rings (SSSR count). The Morgan fingerprint density at radius 2 is 2.00 bits per heavy atom. The van der Waals surface area contributed by atoms with Gasteiger partial charge in [0.2, 0.25) is 0 Å². The molecule has 7 nitrogen and oxygen atoms in total. The number of aromatic amines is 1. The first-order valence-corrected chi connectivity index (χ1v) is 8.92. The molecule has 0 saturated carbocycles. The fourth-order valence-corrected chi connectivity index (χ4v) is 3.73. The van der Waals surface area contributed by atoms with Gasteiger partial charge in [0.05, 0.1) is 24.3 Å². The number of fused-ring (bicyclic) bond motifs is 2. The Bertz CT molecular complexity index is 1130. The zero-order valence-corrected chi connectivity index (χ0v) is 14.8. The summed E-state index contributed by atoms with van der Waals surface area (Å²) in [7, 11) is 0. The van der Waals surface area contributed by atoms with Crippen molar-refractivity contribution in [3.63, 3.8) is 0 Å². The molecule has 2 aromatic heterocycles. The summed E-state index contributed by atoms with van der Waals surface area (Å²) in [5.41, 5.74) is 2.62. The standard InChI is InChI=1S/C20H18N6O/c1-13-11-25(20(27)15-7-8-17-16(9-15)10-21-22-17)12-18-23-24-19(26(13)18)14-5-3-2-4-6-14/h2-10,13H,11-12H2,1H3,(H,21,22)/t13-/m0/s1. The number of hydrogen-bond acceptors (Lipinski definition) is 4. The average Bonchev–Trinajstić information content (AvgIpc) is 3.34. The summed E-state index contributed by atoms with van der Waals surface area (Å²) in [6.07, 6.45) is 1.73. The molecule has 27 heavy (non-hydrogen) atoms. The molecule has 0 bridgehead atoms. The molecule has 0 aliphatic carbocycles. The minimum absolute atomic E-state index is 0.000427. The first-order chi connectivity index (χ1) is 13.2. The van der Waals surface area contributed by atoms with E-state index in [1.807, 2.05) is 53.4 Å². The molecule has 2 aromatic carbocycles. The number of carbonyl (C=O) groups excluding carboxylic acids is 1. The Morgan fingerprint density at radius 1 is 1.15 bits per heavy atom. The molecule has 4 aromatic rings. The van der Waals surface area contributed by atoms with Crippen molar-refractivity contribution in [3.05, 3.63) is 66.1 Å². The fraction of sp³-hybridized carbons (Fsp3) is 0.200. The number of aromatic nitrogens is 5. The second kappa shape index (κ2) is 6.05. The van der Waals surface area contributed by atoms with Crippen LogP contribution >= 0.6 is 0 Å². The molecular weight excluding hydrogens is 340 g/mol. The Labute approximate surface area is 155 Å². The third-order valence-electron chi connectivity index (χ3n) is 5.03. The van der Waals surface area contributed by atoms with Crippen molar-refractivity contribution in [1.29, 1.82) is 0 Å². The molecule has 1 aliphatic rings. The van der Waals surface area contributed by atoms with Crippen LogP contribution in [0.1, 0.15) is 29.1 Å². The van der Waals surface area contributed by atoms with Gasteiger partial charge in [-0.1, -0.05) is 30.3 Å². The molecule has 0 unspecified atom stereocenters. The highest BCUT2D eigenvalue weighted by Crippen LogP contribution is 2.28. The lowest BCUT2D eigenvalue weighted by molar-refractivity contribution is 0.0682. The summed E-state index contributed by atoms with van der Waals surface area (Å²) in [6.45, 7) is 3.16. The zero-order chi connectivity index (χ0) is 18.4. The minimum Gasteiger partial charge on any atom is -0.329 e. The molecule has 1 atom stereocenters. The van der Waals surface area contributed by atoms with Gasteiger partial charge in [-0.25, -0.2) is 0 Å². The predicted molar refractivity (Wildman–Crippen MR) is 101 cm³/mol. The predicted octanol–water partition coefficient (Wildman–Crippen LogP) is 3.04. The molecule has 1 amide bonds. The fourth-order valence-electron chi connectivity index (χ4n) is 3.73. The molecular formula is C20H18N6O. The average molecular weight is 358 g/mol. The molecule has 3 heterocycles. The van der Waals surface area contributed by atoms with Crippen LogP contribution in [0.3, 0.4) is 0 Å². The van der Waals surface area contributed by atoms with Crippen LogP contribution < -0.4 is 0 Å². The minimum atomic E-state index is 0.000427. The van der Waals surface area contributed by atoms with Crippen LogP contribution in [0, 0.1) is 0 Å². The van der Waals surface area contributed by atoms with Gasteiger partial charge in [0.15, 0.2) is 11.6 Å². The van der Waals surface area contributed by atoms with Crippen LogP contribution in [0.15, 0.2) is 54.7 Å². The number of hydrogen-bond donors (Lipinski definition) is 1. The molecule has 1 N–H and O–H groups in total. The van der Waals surface area contributed by atoms with Gasteiger partial charge in [-0.3, -0.25) is 9.89 Å². The summed E-state index contributed by atoms with van der Waals surface area (Å²) >= 11 is 0. The van der Waals surface area contributed by atoms with Crippen molar-refractivity contribution < 1.29 is 4.79 Å². The van der Waals surface area contributed by atoms with E-state index in [4.69, 9.17) is 0 Å². The van der Waals surface area contributed by atoms with Crippen LogP contribution in [0.2, 0.25) is 0 Å². The van der Waals surface area contributed by atoms with Crippen molar-refractivity contribution in [2.24, 2.45) is 0 Å². The van der Waals surface area contributed by atoms with Crippen molar-refractivity contribution in [1.82, 2.24) is 29.9 Å². The second-order valence-electron chi connectivity index (χ2n) is 6.88. The van der Waals surface area contributed by atoms with E-state index in [1.165, 1.54) is 0 Å². The smallest absolute Gasteiger partial charge is 0.254 e. The molecule has 7 heteroatoms. The van der Waals surface area contributed by atoms with Gasteiger partial charge in [0, 0.05) is 23.1 Å². The first-order valence-electron chi connectivity index (χ1n) is 8.92. The van der Waals surface area contributed by atoms with E-state index >= 15 is 0 Å². The SMILES string of the molecule is C[C@H]1CN(C(=O)c2ccc3[nH]ncc3c2)Cc2nnc(-c3ccccc3)n21. The number of nitrogens with zero attached hydrogens (tertiary/aromatic N) is 5. The van der Waals surface area contributed by atoms with Gasteiger partial charge in [0.1, 0.15) is 0 Å². The van der Waals surface area contributed by atoms with Crippen LogP contribution in [0.5, 0.6) is 0 Å². The molecule has 0 saturated heterocycles. The maximum absolute atomic E-state index is 13.0. The van der Waals surface area contributed by atoms with E-state index in [0.717, 1.165) is 28.1 Å². The number of amides is 1. The number of nitrogens with one attached hydrogen (secondary N) is 1. The van der Waals surface area contributed by atoms with Crippen LogP contribution in [-0.2, 0) is 6.54 Å². The third-order valence-corrected chi connectivity index (χ3v) is 5.03. The van der Waals surface area contributed by atoms with Crippen molar-refractivity contribution in [2.75, 3.05) is 6.54 Å². The number of carbonyl (C=O) groups is 1. The lowest BCUT2D eigenvalue weighted by atomic mass is 10.1. The summed E-state index contributed by atoms with van der Waals surface area (Å²) in [4.78, 5) is 14.9. The van der Waals surface area contributed by atoms with Crippen LogP contribution in [0.4, 0.5) is 0 Å². The highest BCUT2D eigenvalue weighted by atomic mass is 16.2. The Balaban J connectivity index is 1.46. The zero-order valence-electron chi connectivity index (χ0n) is 14.8. The van der Waals surface area contributed by atoms with E-state index in [0.29, 0.717) is 18.7 Å². The Morgan fingerprint density at radius 3 is 2.85 bits per heavy atom. The molecule has 1 aliphatic heterocycles. The monoisotopic (exact) mass is 358 g/mol. The lowest BCUT2D eigenvalue weighted by Gasteiger charge is -2.32. The normalized spacial score (nSPS) is 16.5. The van der Waals surface area contributed by atoms with Gasteiger partial charge in [-0.05, 0) is 25.1 Å². The maximum Gasteiger partial charge on any atom is 0.254 e. The molecule has 0 spiro atoms. The van der Waals surface area contributed by atoms with Crippen molar-refractivity contribution in [2.45, 2.75) is 19.5 Å². The summed E-state index contributed by atoms with van der Waals surface area (Å²) in [5, 5.41) is 16.6. The summed E-state index contributed by atoms with van der Waals surface area (Å²) in [6, 6.07) is 15.7. The molecule has 134 valence electrons. The topological polar surface area (TPSA) is 79.7 Å². The van der Waals surface area contributed by atoms with Gasteiger partial charge in [0.25, 0.3) is 5.91 Å². The Hall–Kier alpha value is -3.48. The number of H-pyrrole nitrogens is 1. The molecule has 0 radical (unpaired) electrons. The van der Waals surface area contributed by atoms with Gasteiger partial charge >= 0.3 is 0 Å². The lowest BCUT2D eigenvalue weighted by Crippen LogP contribution is -2.40. The van der Waals surface area contributed by atoms with E-state index in [-0.39, 0.29) is 11.9 Å². The van der Waals surface area contributed by atoms with Gasteiger partial charge in [-0.15, -0.1) is 10.2 Å². The maximum atomic E-state index is 13.0. The largest absolute Gasteiger partial charge is 0.329 e. The summed E-state index contributed by atoms with van der Waals surface area (Å²) in [5.74, 6) is 1.66. The highest BCUT2D eigenvalue weighted by Gasteiger charge is 2.30. The van der Waals surface area contributed by atoms with E-state index in [2.05, 4.69) is 31.9 Å². The molecule has 0 fully saturated rings. The quantitative estimate of drug-likeness (QED) is 0.597. The van der Waals surface area contributed by atoms with Gasteiger partial charge in [-0.2, -0.15) is 5.10 Å². The van der Waals surface area contributed by atoms with E-state index < -0.39 is 0 Å². The Kier molecular flexibility index (Phi) is 3.53. The third kappa shape index (κ3) is 2.59. The van der Waals surface area contributed by atoms with Crippen LogP contribution in [0.25, 0.3) is 22.3 Å². The van der Waals surface area contributed by atoms with Crippen LogP contribution in [-0.4, -0.2) is 42.3 Å². The summed E-state index contributed by atoms with van der Waals surface area (Å²) < 4.78 is 2.14. The highest BCUT2D eigenvalue weighted by molar-refractivity contribution is 5.97.